The summed E-state index contributed by atoms with van der Waals surface area (Å²) in [6.45, 7) is 2.02. The van der Waals surface area contributed by atoms with Gasteiger partial charge in [-0.2, -0.15) is 5.10 Å². The summed E-state index contributed by atoms with van der Waals surface area (Å²) in [5.74, 6) is 1.51. The zero-order valence-corrected chi connectivity index (χ0v) is 11.9. The van der Waals surface area contributed by atoms with Crippen LogP contribution in [0.4, 0.5) is 0 Å². The first-order chi connectivity index (χ1) is 10.9. The molecule has 22 heavy (non-hydrogen) atoms. The van der Waals surface area contributed by atoms with Crippen molar-refractivity contribution in [1.82, 2.24) is 15.2 Å². The number of pyridine rings is 1. The second-order valence-corrected chi connectivity index (χ2v) is 5.00. The number of nitrogens with zero attached hydrogens (tertiary/aromatic N) is 2. The van der Waals surface area contributed by atoms with Gasteiger partial charge < -0.3 is 14.2 Å². The lowest BCUT2D eigenvalue weighted by Crippen LogP contribution is -2.12. The van der Waals surface area contributed by atoms with Crippen molar-refractivity contribution in [3.63, 3.8) is 0 Å². The average Bonchev–Trinajstić information content (AvgIpc) is 2.97. The minimum Gasteiger partial charge on any atom is -0.491 e. The lowest BCUT2D eigenvalue weighted by atomic mass is 10.1. The van der Waals surface area contributed by atoms with Crippen LogP contribution in [0.5, 0.6) is 11.5 Å². The van der Waals surface area contributed by atoms with Gasteiger partial charge in [-0.1, -0.05) is 0 Å². The molecule has 0 spiro atoms. The van der Waals surface area contributed by atoms with Crippen molar-refractivity contribution in [1.29, 1.82) is 0 Å². The summed E-state index contributed by atoms with van der Waals surface area (Å²) in [5, 5.41) is 8.43. The third-order valence-electron chi connectivity index (χ3n) is 3.51. The summed E-state index contributed by atoms with van der Waals surface area (Å²) in [5.41, 5.74) is 2.70. The van der Waals surface area contributed by atoms with Crippen molar-refractivity contribution in [3.05, 3.63) is 36.7 Å². The van der Waals surface area contributed by atoms with Gasteiger partial charge in [0.25, 0.3) is 0 Å². The van der Waals surface area contributed by atoms with E-state index in [1.165, 1.54) is 0 Å². The first kappa shape index (κ1) is 13.1. The molecule has 0 atom stereocenters. The van der Waals surface area contributed by atoms with Gasteiger partial charge in [0.05, 0.1) is 24.9 Å². The molecule has 6 heteroatoms. The fourth-order valence-electron chi connectivity index (χ4n) is 2.47. The van der Waals surface area contributed by atoms with Gasteiger partial charge >= 0.3 is 0 Å². The number of aromatic nitrogens is 3. The highest BCUT2D eigenvalue weighted by atomic mass is 16.5. The van der Waals surface area contributed by atoms with Crippen molar-refractivity contribution in [3.8, 4) is 22.8 Å². The molecule has 0 saturated carbocycles. The summed E-state index contributed by atoms with van der Waals surface area (Å²) in [6, 6.07) is 7.80. The van der Waals surface area contributed by atoms with Crippen LogP contribution in [-0.4, -0.2) is 41.6 Å². The molecule has 0 saturated heterocycles. The average molecular weight is 297 g/mol. The lowest BCUT2D eigenvalue weighted by molar-refractivity contribution is 0.0764. The number of benzene rings is 1. The molecule has 6 nitrogen and oxygen atoms in total. The molecule has 0 radical (unpaired) electrons. The Labute approximate surface area is 127 Å². The van der Waals surface area contributed by atoms with Gasteiger partial charge in [0, 0.05) is 17.1 Å². The molecule has 4 bridgehead atoms. The van der Waals surface area contributed by atoms with E-state index < -0.39 is 0 Å². The highest BCUT2D eigenvalue weighted by molar-refractivity contribution is 5.93. The van der Waals surface area contributed by atoms with Crippen molar-refractivity contribution in [2.75, 3.05) is 26.4 Å². The first-order valence-electron chi connectivity index (χ1n) is 7.17. The largest absolute Gasteiger partial charge is 0.491 e. The van der Waals surface area contributed by atoms with Gasteiger partial charge in [-0.25, -0.2) is 0 Å². The molecule has 1 aromatic carbocycles. The molecule has 3 aromatic rings. The van der Waals surface area contributed by atoms with Crippen LogP contribution < -0.4 is 9.47 Å². The van der Waals surface area contributed by atoms with E-state index in [4.69, 9.17) is 14.2 Å². The summed E-state index contributed by atoms with van der Waals surface area (Å²) >= 11 is 0. The minimum atomic E-state index is 0.479. The SMILES string of the molecule is c1cc2[nH]nc3c2cc1OCCOCCOc1cncc-3c1. The van der Waals surface area contributed by atoms with Crippen LogP contribution in [0.3, 0.4) is 0 Å². The maximum atomic E-state index is 5.71. The van der Waals surface area contributed by atoms with Crippen LogP contribution in [0.2, 0.25) is 0 Å². The van der Waals surface area contributed by atoms with E-state index in [-0.39, 0.29) is 0 Å². The summed E-state index contributed by atoms with van der Waals surface area (Å²) in [7, 11) is 0. The Bertz CT molecular complexity index is 800. The highest BCUT2D eigenvalue weighted by Crippen LogP contribution is 2.30. The van der Waals surface area contributed by atoms with E-state index >= 15 is 0 Å². The van der Waals surface area contributed by atoms with Gasteiger partial charge in [0.2, 0.25) is 0 Å². The number of rotatable bonds is 0. The van der Waals surface area contributed by atoms with Crippen LogP contribution in [0.15, 0.2) is 36.7 Å². The van der Waals surface area contributed by atoms with Crippen molar-refractivity contribution in [2.24, 2.45) is 0 Å². The Morgan fingerprint density at radius 3 is 2.68 bits per heavy atom. The maximum Gasteiger partial charge on any atom is 0.138 e. The molecule has 3 heterocycles. The van der Waals surface area contributed by atoms with Gasteiger partial charge in [-0.05, 0) is 24.3 Å². The van der Waals surface area contributed by atoms with E-state index in [1.807, 2.05) is 24.3 Å². The monoisotopic (exact) mass is 297 g/mol. The van der Waals surface area contributed by atoms with E-state index in [1.54, 1.807) is 12.4 Å². The molecule has 1 aliphatic rings. The van der Waals surface area contributed by atoms with Crippen LogP contribution in [0, 0.1) is 0 Å². The number of fused-ring (bicyclic) bond motifs is 4. The Kier molecular flexibility index (Phi) is 3.36. The third-order valence-corrected chi connectivity index (χ3v) is 3.51. The second-order valence-electron chi connectivity index (χ2n) is 5.00. The fraction of sp³-hybridized carbons (Fsp3) is 0.250. The summed E-state index contributed by atoms with van der Waals surface area (Å²) < 4.78 is 16.8. The van der Waals surface area contributed by atoms with Gasteiger partial charge in [0.1, 0.15) is 30.4 Å². The minimum absolute atomic E-state index is 0.479. The van der Waals surface area contributed by atoms with Crippen molar-refractivity contribution < 1.29 is 14.2 Å². The van der Waals surface area contributed by atoms with Crippen LogP contribution in [0.25, 0.3) is 22.2 Å². The van der Waals surface area contributed by atoms with E-state index in [9.17, 15) is 0 Å². The van der Waals surface area contributed by atoms with Gasteiger partial charge in [-0.3, -0.25) is 10.1 Å². The molecule has 4 rings (SSSR count). The van der Waals surface area contributed by atoms with Crippen molar-refractivity contribution >= 4 is 10.9 Å². The number of nitrogens with one attached hydrogen (secondary N) is 1. The zero-order valence-electron chi connectivity index (χ0n) is 11.9. The standard InChI is InChI=1S/C16H15N3O3/c1-2-15-14-8-12(1)21-5-3-20-4-6-22-13-7-11(9-17-10-13)16(14)19-18-15/h1-2,7-10H,3-6H2,(H,18,19). The molecule has 2 aromatic heterocycles. The van der Waals surface area contributed by atoms with Gasteiger partial charge in [-0.15, -0.1) is 0 Å². The smallest absolute Gasteiger partial charge is 0.138 e. The van der Waals surface area contributed by atoms with E-state index in [2.05, 4.69) is 15.2 Å². The molecule has 1 aliphatic heterocycles. The Balaban J connectivity index is 1.83. The molecule has 0 unspecified atom stereocenters. The molecule has 0 fully saturated rings. The molecule has 0 amide bonds. The fourth-order valence-corrected chi connectivity index (χ4v) is 2.47. The molecule has 1 N–H and O–H groups in total. The maximum absolute atomic E-state index is 5.71. The van der Waals surface area contributed by atoms with Crippen LogP contribution in [0.1, 0.15) is 0 Å². The molecular weight excluding hydrogens is 282 g/mol. The van der Waals surface area contributed by atoms with Crippen molar-refractivity contribution in [2.45, 2.75) is 0 Å². The molecule has 0 aliphatic carbocycles. The summed E-state index contributed by atoms with van der Waals surface area (Å²) in [6.07, 6.45) is 3.47. The highest BCUT2D eigenvalue weighted by Gasteiger charge is 2.11. The van der Waals surface area contributed by atoms with E-state index in [0.29, 0.717) is 32.2 Å². The molecule has 112 valence electrons. The second kappa shape index (κ2) is 5.65. The van der Waals surface area contributed by atoms with Gasteiger partial charge in [0.15, 0.2) is 0 Å². The van der Waals surface area contributed by atoms with Crippen LogP contribution >= 0.6 is 0 Å². The first-order valence-corrected chi connectivity index (χ1v) is 7.17. The topological polar surface area (TPSA) is 69.3 Å². The Hall–Kier alpha value is -2.60. The molecular formula is C16H15N3O3. The third kappa shape index (κ3) is 2.48. The summed E-state index contributed by atoms with van der Waals surface area (Å²) in [4.78, 5) is 4.23. The van der Waals surface area contributed by atoms with Crippen LogP contribution in [-0.2, 0) is 4.74 Å². The lowest BCUT2D eigenvalue weighted by Gasteiger charge is -2.10. The number of aromatic amines is 1. The number of ether oxygens (including phenoxy) is 3. The predicted molar refractivity (Wildman–Crippen MR) is 81.1 cm³/mol. The Morgan fingerprint density at radius 2 is 1.77 bits per heavy atom. The number of hydrogen-bond donors (Lipinski definition) is 1. The number of hydrogen-bond acceptors (Lipinski definition) is 5. The quantitative estimate of drug-likeness (QED) is 0.690. The zero-order chi connectivity index (χ0) is 14.8. The predicted octanol–water partition coefficient (Wildman–Crippen LogP) is 2.41. The number of H-pyrrole nitrogens is 1. The Morgan fingerprint density at radius 1 is 0.909 bits per heavy atom. The normalized spacial score (nSPS) is 15.1. The van der Waals surface area contributed by atoms with E-state index in [0.717, 1.165) is 27.9 Å².